The van der Waals surface area contributed by atoms with Crippen molar-refractivity contribution in [1.29, 1.82) is 0 Å². The topological polar surface area (TPSA) is 76.2 Å². The number of anilines is 1. The van der Waals surface area contributed by atoms with Gasteiger partial charge in [-0.3, -0.25) is 4.79 Å². The third-order valence-electron chi connectivity index (χ3n) is 1.35. The van der Waals surface area contributed by atoms with E-state index in [4.69, 9.17) is 10.8 Å². The number of halogens is 1. The number of rotatable bonds is 2. The highest BCUT2D eigenvalue weighted by atomic mass is 35.5. The number of carboxylic acids is 1. The molecule has 3 N–H and O–H groups in total. The second-order valence-electron chi connectivity index (χ2n) is 2.17. The predicted octanol–water partition coefficient (Wildman–Crippen LogP) is 1.34. The van der Waals surface area contributed by atoms with Crippen molar-refractivity contribution in [1.82, 2.24) is 4.98 Å². The van der Waals surface area contributed by atoms with Gasteiger partial charge in [0.05, 0.1) is 11.6 Å². The van der Waals surface area contributed by atoms with Crippen LogP contribution in [0.1, 0.15) is 18.5 Å². The molecular formula is C6H9ClN2O2S. The van der Waals surface area contributed by atoms with Crippen LogP contribution in [0.25, 0.3) is 0 Å². The van der Waals surface area contributed by atoms with Crippen molar-refractivity contribution in [2.45, 2.75) is 12.8 Å². The normalized spacial score (nSPS) is 11.8. The first-order chi connectivity index (χ1) is 5.11. The summed E-state index contributed by atoms with van der Waals surface area (Å²) in [5.74, 6) is -1.45. The zero-order chi connectivity index (χ0) is 8.43. The molecule has 0 spiro atoms. The molecule has 0 fully saturated rings. The quantitative estimate of drug-likeness (QED) is 0.769. The number of hydrogen-bond donors (Lipinski definition) is 2. The Morgan fingerprint density at radius 1 is 1.83 bits per heavy atom. The van der Waals surface area contributed by atoms with Crippen molar-refractivity contribution in [3.05, 3.63) is 11.1 Å². The van der Waals surface area contributed by atoms with E-state index in [2.05, 4.69) is 4.98 Å². The zero-order valence-corrected chi connectivity index (χ0v) is 7.98. The van der Waals surface area contributed by atoms with Crippen LogP contribution in [0.2, 0.25) is 0 Å². The van der Waals surface area contributed by atoms with E-state index in [0.717, 1.165) is 0 Å². The van der Waals surface area contributed by atoms with Crippen LogP contribution < -0.4 is 5.73 Å². The monoisotopic (exact) mass is 208 g/mol. The van der Waals surface area contributed by atoms with Crippen LogP contribution in [0.4, 0.5) is 5.13 Å². The largest absolute Gasteiger partial charge is 0.481 e. The second-order valence-corrected chi connectivity index (χ2v) is 3.06. The van der Waals surface area contributed by atoms with Crippen molar-refractivity contribution in [2.75, 3.05) is 5.73 Å². The van der Waals surface area contributed by atoms with Gasteiger partial charge < -0.3 is 10.8 Å². The molecule has 0 aliphatic heterocycles. The van der Waals surface area contributed by atoms with E-state index in [1.54, 1.807) is 12.3 Å². The molecule has 0 amide bonds. The molecule has 0 aromatic carbocycles. The molecule has 0 saturated carbocycles. The SMILES string of the molecule is CC(C(=O)O)c1csc(N)n1.Cl. The van der Waals surface area contributed by atoms with Crippen molar-refractivity contribution in [3.8, 4) is 0 Å². The van der Waals surface area contributed by atoms with Crippen LogP contribution in [0, 0.1) is 0 Å². The van der Waals surface area contributed by atoms with Gasteiger partial charge in [-0.05, 0) is 6.92 Å². The van der Waals surface area contributed by atoms with Gasteiger partial charge in [-0.25, -0.2) is 4.98 Å². The van der Waals surface area contributed by atoms with Crippen molar-refractivity contribution >= 4 is 34.8 Å². The molecule has 0 bridgehead atoms. The highest BCUT2D eigenvalue weighted by Crippen LogP contribution is 2.19. The summed E-state index contributed by atoms with van der Waals surface area (Å²) in [4.78, 5) is 14.3. The van der Waals surface area contributed by atoms with E-state index in [1.165, 1.54) is 11.3 Å². The van der Waals surface area contributed by atoms with Crippen LogP contribution >= 0.6 is 23.7 Å². The average molecular weight is 209 g/mol. The Kier molecular flexibility index (Phi) is 3.99. The van der Waals surface area contributed by atoms with E-state index in [1.807, 2.05) is 0 Å². The third kappa shape index (κ3) is 2.35. The lowest BCUT2D eigenvalue weighted by molar-refractivity contribution is -0.138. The lowest BCUT2D eigenvalue weighted by atomic mass is 10.1. The van der Waals surface area contributed by atoms with E-state index >= 15 is 0 Å². The van der Waals surface area contributed by atoms with Gasteiger partial charge in [0.25, 0.3) is 0 Å². The van der Waals surface area contributed by atoms with Gasteiger partial charge in [0, 0.05) is 5.38 Å². The molecule has 1 heterocycles. The third-order valence-corrected chi connectivity index (χ3v) is 2.05. The maximum Gasteiger partial charge on any atom is 0.312 e. The summed E-state index contributed by atoms with van der Waals surface area (Å²) in [7, 11) is 0. The number of nitrogen functional groups attached to an aromatic ring is 1. The maximum atomic E-state index is 10.4. The molecule has 0 radical (unpaired) electrons. The molecule has 0 aliphatic rings. The number of aliphatic carboxylic acids is 1. The van der Waals surface area contributed by atoms with E-state index in [9.17, 15) is 4.79 Å². The first kappa shape index (κ1) is 11.2. The summed E-state index contributed by atoms with van der Waals surface area (Å²) in [5, 5.41) is 10.6. The van der Waals surface area contributed by atoms with Gasteiger partial charge >= 0.3 is 5.97 Å². The molecule has 1 atom stereocenters. The molecule has 0 saturated heterocycles. The fourth-order valence-corrected chi connectivity index (χ4v) is 1.28. The molecule has 12 heavy (non-hydrogen) atoms. The number of aromatic nitrogens is 1. The van der Waals surface area contributed by atoms with Crippen molar-refractivity contribution in [2.24, 2.45) is 0 Å². The number of carbonyl (C=O) groups is 1. The molecule has 0 aliphatic carbocycles. The van der Waals surface area contributed by atoms with E-state index in [0.29, 0.717) is 10.8 Å². The summed E-state index contributed by atoms with van der Waals surface area (Å²) in [6.07, 6.45) is 0. The predicted molar refractivity (Wildman–Crippen MR) is 49.8 cm³/mol. The molecule has 1 aromatic heterocycles. The van der Waals surface area contributed by atoms with Gasteiger partial charge in [0.15, 0.2) is 5.13 Å². The molecule has 1 unspecified atom stereocenters. The molecular weight excluding hydrogens is 200 g/mol. The zero-order valence-electron chi connectivity index (χ0n) is 6.35. The van der Waals surface area contributed by atoms with E-state index in [-0.39, 0.29) is 12.4 Å². The molecule has 1 rings (SSSR count). The fraction of sp³-hybridized carbons (Fsp3) is 0.333. The van der Waals surface area contributed by atoms with Crippen LogP contribution in [-0.2, 0) is 4.79 Å². The molecule has 6 heteroatoms. The van der Waals surface area contributed by atoms with Crippen molar-refractivity contribution in [3.63, 3.8) is 0 Å². The van der Waals surface area contributed by atoms with Gasteiger partial charge in [-0.1, -0.05) is 0 Å². The smallest absolute Gasteiger partial charge is 0.312 e. The summed E-state index contributed by atoms with van der Waals surface area (Å²) in [6, 6.07) is 0. The summed E-state index contributed by atoms with van der Waals surface area (Å²) < 4.78 is 0. The highest BCUT2D eigenvalue weighted by molar-refractivity contribution is 7.13. The maximum absolute atomic E-state index is 10.4. The molecule has 68 valence electrons. The first-order valence-corrected chi connectivity index (χ1v) is 3.93. The second kappa shape index (κ2) is 4.27. The van der Waals surface area contributed by atoms with Crippen LogP contribution in [0.5, 0.6) is 0 Å². The average Bonchev–Trinajstić information content (AvgIpc) is 2.34. The Hall–Kier alpha value is -0.810. The first-order valence-electron chi connectivity index (χ1n) is 3.05. The Morgan fingerprint density at radius 2 is 2.42 bits per heavy atom. The fourth-order valence-electron chi connectivity index (χ4n) is 0.626. The lowest BCUT2D eigenvalue weighted by Crippen LogP contribution is -2.07. The molecule has 4 nitrogen and oxygen atoms in total. The van der Waals surface area contributed by atoms with E-state index < -0.39 is 11.9 Å². The Morgan fingerprint density at radius 3 is 2.75 bits per heavy atom. The number of nitrogens with zero attached hydrogens (tertiary/aromatic N) is 1. The molecule has 1 aromatic rings. The number of carboxylic acid groups (broad SMARTS) is 1. The van der Waals surface area contributed by atoms with Crippen LogP contribution in [0.3, 0.4) is 0 Å². The minimum atomic E-state index is -0.879. The summed E-state index contributed by atoms with van der Waals surface area (Å²) >= 11 is 1.25. The Labute approximate surface area is 79.8 Å². The van der Waals surface area contributed by atoms with Crippen LogP contribution in [0.15, 0.2) is 5.38 Å². The Balaban J connectivity index is 0.00000121. The Bertz CT molecular complexity index is 276. The van der Waals surface area contributed by atoms with Crippen LogP contribution in [-0.4, -0.2) is 16.1 Å². The lowest BCUT2D eigenvalue weighted by Gasteiger charge is -1.98. The van der Waals surface area contributed by atoms with Gasteiger partial charge in [0.1, 0.15) is 0 Å². The summed E-state index contributed by atoms with van der Waals surface area (Å²) in [6.45, 7) is 1.58. The summed E-state index contributed by atoms with van der Waals surface area (Å²) in [5.41, 5.74) is 5.86. The van der Waals surface area contributed by atoms with Gasteiger partial charge in [0.2, 0.25) is 0 Å². The van der Waals surface area contributed by atoms with Gasteiger partial charge in [-0.2, -0.15) is 0 Å². The highest BCUT2D eigenvalue weighted by Gasteiger charge is 2.15. The minimum absolute atomic E-state index is 0. The number of nitrogens with two attached hydrogens (primary N) is 1. The van der Waals surface area contributed by atoms with Gasteiger partial charge in [-0.15, -0.1) is 23.7 Å². The van der Waals surface area contributed by atoms with Crippen molar-refractivity contribution < 1.29 is 9.90 Å². The number of hydrogen-bond acceptors (Lipinski definition) is 4. The minimum Gasteiger partial charge on any atom is -0.481 e. The standard InChI is InChI=1S/C6H8N2O2S.ClH/c1-3(5(9)10)4-2-11-6(7)8-4;/h2-3H,1H3,(H2,7,8)(H,9,10);1H. The number of thiazole rings is 1.